The van der Waals surface area contributed by atoms with E-state index in [9.17, 15) is 37.3 Å². The largest absolute Gasteiger partial charge is 0.321 e. The molecule has 58 heavy (non-hydrogen) atoms. The molecule has 0 fully saturated rings. The van der Waals surface area contributed by atoms with E-state index in [1.165, 1.54) is 47.7 Å². The van der Waals surface area contributed by atoms with Gasteiger partial charge in [0.15, 0.2) is 29.9 Å². The summed E-state index contributed by atoms with van der Waals surface area (Å²) in [6.45, 7) is 6.10. The predicted molar refractivity (Wildman–Crippen MR) is 211 cm³/mol. The van der Waals surface area contributed by atoms with E-state index in [0.29, 0.717) is 43.2 Å². The zero-order valence-corrected chi connectivity index (χ0v) is 34.2. The van der Waals surface area contributed by atoms with E-state index < -0.39 is 49.3 Å². The zero-order chi connectivity index (χ0) is 42.1. The first-order valence-corrected chi connectivity index (χ1v) is 21.7. The number of anilines is 2. The first kappa shape index (κ1) is 42.1. The summed E-state index contributed by atoms with van der Waals surface area (Å²) in [5.41, 5.74) is 0.869. The lowest BCUT2D eigenvalue weighted by atomic mass is 9.93. The van der Waals surface area contributed by atoms with Crippen molar-refractivity contribution in [2.75, 3.05) is 17.7 Å². The van der Waals surface area contributed by atoms with Crippen molar-refractivity contribution >= 4 is 43.0 Å². The number of aromatic nitrogens is 4. The summed E-state index contributed by atoms with van der Waals surface area (Å²) in [7, 11) is -4.07. The summed E-state index contributed by atoms with van der Waals surface area (Å²) in [5.74, 6) is -2.68. The van der Waals surface area contributed by atoms with E-state index in [2.05, 4.69) is 34.6 Å². The fraction of sp³-hybridized carbons (Fsp3) is 0.421. The number of nitrogens with zero attached hydrogens (tertiary/aromatic N) is 7. The Labute approximate surface area is 335 Å². The number of halogens is 2. The second-order valence-electron chi connectivity index (χ2n) is 14.9. The molecule has 0 saturated carbocycles. The van der Waals surface area contributed by atoms with Crippen molar-refractivity contribution in [2.24, 2.45) is 23.2 Å². The molecule has 6 rings (SSSR count). The van der Waals surface area contributed by atoms with Gasteiger partial charge in [-0.05, 0) is 86.8 Å². The van der Waals surface area contributed by atoms with Crippen molar-refractivity contribution in [3.8, 4) is 12.1 Å². The molecule has 5 N–H and O–H groups in total. The van der Waals surface area contributed by atoms with Gasteiger partial charge in [0.2, 0.25) is 0 Å². The first-order valence-electron chi connectivity index (χ1n) is 18.6. The fourth-order valence-electron chi connectivity index (χ4n) is 7.47. The summed E-state index contributed by atoms with van der Waals surface area (Å²) in [5, 5.41) is 33.1. The number of hydrogen-bond acceptors (Lipinski definition) is 10. The normalized spacial score (nSPS) is 22.0. The fourth-order valence-corrected chi connectivity index (χ4v) is 10.9. The minimum absolute atomic E-state index is 0.0362. The monoisotopic (exact) mass is 834 g/mol. The van der Waals surface area contributed by atoms with Gasteiger partial charge in [-0.3, -0.25) is 19.0 Å². The number of nitriles is 2. The number of carbonyl (C=O) groups is 2. The minimum atomic E-state index is -3.63. The topological polar surface area (TPSA) is 236 Å². The number of benzene rings is 2. The van der Waals surface area contributed by atoms with Crippen LogP contribution in [0.2, 0.25) is 0 Å². The lowest BCUT2D eigenvalue weighted by molar-refractivity contribution is 0.100. The molecule has 4 heterocycles. The van der Waals surface area contributed by atoms with Crippen molar-refractivity contribution in [1.29, 1.82) is 15.3 Å². The van der Waals surface area contributed by atoms with Gasteiger partial charge >= 0.3 is 0 Å². The SMILES string of the molecule is CN=S1(=O)N[C@@H]([C@@H](C)CCn2nc3c(c2C(=O)Nc2ccc(F)c(C#N)c2)CC[C@H](CC(C)C)NS3(=N)=O)CCc2c1nn(C)c2C(=O)Nc1ccc(F)c(C#N)c1. The van der Waals surface area contributed by atoms with Crippen LogP contribution in [0.15, 0.2) is 50.8 Å². The van der Waals surface area contributed by atoms with E-state index in [1.807, 2.05) is 20.8 Å². The average Bonchev–Trinajstić information content (AvgIpc) is 3.65. The quantitative estimate of drug-likeness (QED) is 0.138. The molecule has 5 atom stereocenters. The third-order valence-electron chi connectivity index (χ3n) is 10.4. The van der Waals surface area contributed by atoms with Gasteiger partial charge in [-0.1, -0.05) is 20.8 Å². The highest BCUT2D eigenvalue weighted by molar-refractivity contribution is 7.91. The summed E-state index contributed by atoms with van der Waals surface area (Å²) >= 11 is 0. The van der Waals surface area contributed by atoms with E-state index in [-0.39, 0.29) is 74.8 Å². The summed E-state index contributed by atoms with van der Waals surface area (Å²) in [6, 6.07) is 10.1. The lowest BCUT2D eigenvalue weighted by Gasteiger charge is -2.24. The van der Waals surface area contributed by atoms with Crippen LogP contribution in [0.1, 0.15) is 89.7 Å². The van der Waals surface area contributed by atoms with Crippen molar-refractivity contribution in [1.82, 2.24) is 29.0 Å². The number of nitrogens with one attached hydrogen (secondary N) is 5. The van der Waals surface area contributed by atoms with Gasteiger partial charge in [-0.25, -0.2) is 35.8 Å². The molecule has 2 aromatic heterocycles. The Morgan fingerprint density at radius 2 is 1.50 bits per heavy atom. The average molecular weight is 835 g/mol. The molecule has 306 valence electrons. The summed E-state index contributed by atoms with van der Waals surface area (Å²) < 4.78 is 78.4. The van der Waals surface area contributed by atoms with Crippen LogP contribution in [0.5, 0.6) is 0 Å². The second-order valence-corrected chi connectivity index (χ2v) is 18.7. The first-order chi connectivity index (χ1) is 27.5. The molecule has 16 nitrogen and oxygen atoms in total. The molecule has 20 heteroatoms. The van der Waals surface area contributed by atoms with Crippen molar-refractivity contribution in [2.45, 2.75) is 88.0 Å². The van der Waals surface area contributed by atoms with Crippen LogP contribution < -0.4 is 20.1 Å². The molecular weight excluding hydrogens is 791 g/mol. The lowest BCUT2D eigenvalue weighted by Crippen LogP contribution is -2.39. The maximum atomic E-state index is 14.5. The molecule has 2 aliphatic heterocycles. The van der Waals surface area contributed by atoms with Gasteiger partial charge in [-0.2, -0.15) is 20.7 Å². The molecule has 2 aliphatic rings. The number of carbonyl (C=O) groups excluding carboxylic acids is 2. The predicted octanol–water partition coefficient (Wildman–Crippen LogP) is 5.42. The van der Waals surface area contributed by atoms with Gasteiger partial charge in [0.05, 0.1) is 11.1 Å². The van der Waals surface area contributed by atoms with Gasteiger partial charge in [0, 0.05) is 55.2 Å². The van der Waals surface area contributed by atoms with Crippen LogP contribution >= 0.6 is 0 Å². The molecule has 2 amide bonds. The van der Waals surface area contributed by atoms with E-state index in [4.69, 9.17) is 4.78 Å². The Morgan fingerprint density at radius 3 is 2.07 bits per heavy atom. The van der Waals surface area contributed by atoms with Crippen molar-refractivity contribution in [3.63, 3.8) is 0 Å². The van der Waals surface area contributed by atoms with Gasteiger partial charge < -0.3 is 10.6 Å². The smallest absolute Gasteiger partial charge is 0.274 e. The van der Waals surface area contributed by atoms with Gasteiger partial charge in [0.25, 0.3) is 11.8 Å². The highest BCUT2D eigenvalue weighted by atomic mass is 32.2. The Morgan fingerprint density at radius 1 is 0.931 bits per heavy atom. The van der Waals surface area contributed by atoms with Crippen molar-refractivity contribution < 1.29 is 26.8 Å². The van der Waals surface area contributed by atoms with Gasteiger partial charge in [0.1, 0.15) is 35.2 Å². The molecule has 2 unspecified atom stereocenters. The maximum absolute atomic E-state index is 14.5. The van der Waals surface area contributed by atoms with E-state index in [0.717, 1.165) is 12.1 Å². The number of hydrogen-bond donors (Lipinski definition) is 5. The maximum Gasteiger partial charge on any atom is 0.274 e. The van der Waals surface area contributed by atoms with Crippen LogP contribution in [0.4, 0.5) is 20.2 Å². The third-order valence-corrected chi connectivity index (χ3v) is 13.9. The number of fused-ring (bicyclic) bond motifs is 2. The highest BCUT2D eigenvalue weighted by Crippen LogP contribution is 2.32. The van der Waals surface area contributed by atoms with Crippen LogP contribution in [0.3, 0.4) is 0 Å². The van der Waals surface area contributed by atoms with Crippen LogP contribution in [0.25, 0.3) is 0 Å². The number of aryl methyl sites for hydroxylation is 2. The van der Waals surface area contributed by atoms with Crippen LogP contribution in [-0.4, -0.2) is 58.9 Å². The molecule has 0 saturated heterocycles. The van der Waals surface area contributed by atoms with Crippen LogP contribution in [-0.2, 0) is 46.3 Å². The molecule has 4 aromatic rings. The van der Waals surface area contributed by atoms with Crippen molar-refractivity contribution in [3.05, 3.63) is 81.7 Å². The van der Waals surface area contributed by atoms with Gasteiger partial charge in [-0.15, -0.1) is 0 Å². The molecule has 0 spiro atoms. The highest BCUT2D eigenvalue weighted by Gasteiger charge is 2.37. The molecule has 0 aliphatic carbocycles. The summed E-state index contributed by atoms with van der Waals surface area (Å²) in [6.07, 6.45) is 2.52. The number of amides is 2. The number of rotatable bonds is 10. The van der Waals surface area contributed by atoms with E-state index >= 15 is 0 Å². The third kappa shape index (κ3) is 8.51. The Kier molecular flexibility index (Phi) is 12.1. The minimum Gasteiger partial charge on any atom is -0.321 e. The molecule has 2 aromatic carbocycles. The van der Waals surface area contributed by atoms with Crippen LogP contribution in [0, 0.1) is 50.9 Å². The van der Waals surface area contributed by atoms with E-state index in [1.54, 1.807) is 12.1 Å². The Hall–Kier alpha value is -5.54. The Balaban J connectivity index is 1.27. The zero-order valence-electron chi connectivity index (χ0n) is 32.6. The molecular formula is C38H44F2N12O4S2. The molecule has 0 bridgehead atoms. The second kappa shape index (κ2) is 16.7. The Bertz CT molecular complexity index is 2620. The molecule has 0 radical (unpaired) electrons. The summed E-state index contributed by atoms with van der Waals surface area (Å²) in [4.78, 5) is 27.7. The standard InChI is InChI=1S/C38H44F2N12O4S2/c1-21(2)16-27-6-9-29-34(36(54)46-26-8-12-31(40)24(18-26)20-42)52(48-37(29)57(43,55)49-27)15-14-22(3)32-13-10-28-33(51(5)47-38(28)58(56,44-4)50-32)35(53)45-25-7-11-30(39)23(17-25)19-41/h7-8,11-12,17-18,21-22,27,32H,6,9-10,13-16H2,1-5H3,(H,45,53)(H,46,54)(H2,43,49,55)(H,44,50,56)/t22-,27+,32+,57?,58?/m0/s1.